The number of benzene rings is 1. The Morgan fingerprint density at radius 2 is 2.31 bits per heavy atom. The quantitative estimate of drug-likeness (QED) is 0.730. The Kier molecular flexibility index (Phi) is 2.44. The summed E-state index contributed by atoms with van der Waals surface area (Å²) in [7, 11) is 0. The predicted molar refractivity (Wildman–Crippen MR) is 61.5 cm³/mol. The number of halogens is 2. The normalized spacial score (nSPS) is 32.5. The zero-order chi connectivity index (χ0) is 11.2. The maximum absolute atomic E-state index is 14.0. The summed E-state index contributed by atoms with van der Waals surface area (Å²) in [5, 5.41) is 0. The zero-order valence-corrected chi connectivity index (χ0v) is 10.3. The first kappa shape index (κ1) is 10.5. The highest BCUT2D eigenvalue weighted by Gasteiger charge is 2.49. The molecule has 1 aromatic carbocycles. The van der Waals surface area contributed by atoms with Gasteiger partial charge in [-0.3, -0.25) is 0 Å². The van der Waals surface area contributed by atoms with Crippen LogP contribution in [-0.4, -0.2) is 25.0 Å². The topological polar surface area (TPSA) is 18.5 Å². The summed E-state index contributed by atoms with van der Waals surface area (Å²) in [5.74, 6) is 0.798. The van der Waals surface area contributed by atoms with E-state index < -0.39 is 11.8 Å². The number of fused-ring (bicyclic) bond motifs is 1. The molecule has 2 heterocycles. The van der Waals surface area contributed by atoms with E-state index >= 15 is 0 Å². The highest BCUT2D eigenvalue weighted by molar-refractivity contribution is 9.10. The fourth-order valence-electron chi connectivity index (χ4n) is 2.42. The van der Waals surface area contributed by atoms with Gasteiger partial charge in [-0.25, -0.2) is 4.39 Å². The number of hydrogen-bond donors (Lipinski definition) is 0. The Morgan fingerprint density at radius 1 is 1.44 bits per heavy atom. The van der Waals surface area contributed by atoms with Gasteiger partial charge in [-0.15, -0.1) is 0 Å². The van der Waals surface area contributed by atoms with Crippen molar-refractivity contribution in [2.45, 2.75) is 24.6 Å². The first-order chi connectivity index (χ1) is 7.71. The van der Waals surface area contributed by atoms with Crippen LogP contribution in [0.2, 0.25) is 0 Å². The Bertz CT molecular complexity index is 423. The van der Waals surface area contributed by atoms with Crippen LogP contribution in [0.25, 0.3) is 0 Å². The first-order valence-electron chi connectivity index (χ1n) is 5.39. The standard InChI is InChI=1S/C12H12BrFO2/c13-9-3-1-2-8-6-12(16-11(8)9)4-5-15-7-10(12)14/h1-3,10H,4-7H2. The summed E-state index contributed by atoms with van der Waals surface area (Å²) in [6.07, 6.45) is 0.224. The predicted octanol–water partition coefficient (Wildman–Crippen LogP) is 2.88. The van der Waals surface area contributed by atoms with Gasteiger partial charge in [-0.1, -0.05) is 12.1 Å². The molecule has 2 atom stereocenters. The van der Waals surface area contributed by atoms with Crippen LogP contribution in [0.15, 0.2) is 22.7 Å². The molecule has 2 aliphatic rings. The van der Waals surface area contributed by atoms with Crippen LogP contribution in [0.1, 0.15) is 12.0 Å². The molecule has 0 saturated carbocycles. The van der Waals surface area contributed by atoms with Gasteiger partial charge in [0.05, 0.1) is 17.7 Å². The molecule has 2 nitrogen and oxygen atoms in total. The lowest BCUT2D eigenvalue weighted by atomic mass is 9.88. The Hall–Kier alpha value is -0.610. The Labute approximate surface area is 102 Å². The third-order valence-corrected chi connectivity index (χ3v) is 3.97. The second-order valence-corrected chi connectivity index (χ2v) is 5.22. The van der Waals surface area contributed by atoms with Crippen molar-refractivity contribution in [2.24, 2.45) is 0 Å². The largest absolute Gasteiger partial charge is 0.482 e. The maximum atomic E-state index is 14.0. The van der Waals surface area contributed by atoms with Crippen LogP contribution in [0, 0.1) is 0 Å². The minimum absolute atomic E-state index is 0.144. The third kappa shape index (κ3) is 1.47. The van der Waals surface area contributed by atoms with Crippen LogP contribution in [0.3, 0.4) is 0 Å². The molecular weight excluding hydrogens is 275 g/mol. The minimum Gasteiger partial charge on any atom is -0.482 e. The van der Waals surface area contributed by atoms with E-state index in [1.54, 1.807) is 0 Å². The molecule has 4 heteroatoms. The molecule has 1 aromatic rings. The molecule has 0 aliphatic carbocycles. The van der Waals surface area contributed by atoms with Gasteiger partial charge in [-0.2, -0.15) is 0 Å². The average Bonchev–Trinajstić information content (AvgIpc) is 2.64. The molecule has 86 valence electrons. The molecule has 2 unspecified atom stereocenters. The van der Waals surface area contributed by atoms with Gasteiger partial charge in [0.15, 0.2) is 6.17 Å². The van der Waals surface area contributed by atoms with Gasteiger partial charge in [0.2, 0.25) is 0 Å². The number of rotatable bonds is 0. The van der Waals surface area contributed by atoms with Crippen molar-refractivity contribution in [3.8, 4) is 5.75 Å². The van der Waals surface area contributed by atoms with Crippen LogP contribution in [0.4, 0.5) is 4.39 Å². The van der Waals surface area contributed by atoms with Gasteiger partial charge in [-0.05, 0) is 27.6 Å². The molecular formula is C12H12BrFO2. The molecule has 0 radical (unpaired) electrons. The molecule has 1 saturated heterocycles. The van der Waals surface area contributed by atoms with Crippen molar-refractivity contribution in [3.05, 3.63) is 28.2 Å². The minimum atomic E-state index is -1.04. The number of ether oxygens (including phenoxy) is 2. The van der Waals surface area contributed by atoms with Gasteiger partial charge < -0.3 is 9.47 Å². The molecule has 3 rings (SSSR count). The molecule has 0 N–H and O–H groups in total. The molecule has 0 bridgehead atoms. The highest BCUT2D eigenvalue weighted by atomic mass is 79.9. The van der Waals surface area contributed by atoms with E-state index in [0.717, 1.165) is 15.8 Å². The average molecular weight is 287 g/mol. The van der Waals surface area contributed by atoms with Crippen molar-refractivity contribution in [1.82, 2.24) is 0 Å². The van der Waals surface area contributed by atoms with E-state index in [1.807, 2.05) is 18.2 Å². The molecule has 0 amide bonds. The fraction of sp³-hybridized carbons (Fsp3) is 0.500. The van der Waals surface area contributed by atoms with Gasteiger partial charge in [0, 0.05) is 12.8 Å². The van der Waals surface area contributed by atoms with Crippen molar-refractivity contribution in [2.75, 3.05) is 13.2 Å². The van der Waals surface area contributed by atoms with E-state index in [1.165, 1.54) is 0 Å². The second kappa shape index (κ2) is 3.70. The molecule has 16 heavy (non-hydrogen) atoms. The van der Waals surface area contributed by atoms with Crippen LogP contribution < -0.4 is 4.74 Å². The maximum Gasteiger partial charge on any atom is 0.163 e. The van der Waals surface area contributed by atoms with Crippen molar-refractivity contribution >= 4 is 15.9 Å². The molecule has 1 spiro atoms. The van der Waals surface area contributed by atoms with E-state index in [2.05, 4.69) is 15.9 Å². The van der Waals surface area contributed by atoms with Crippen molar-refractivity contribution in [3.63, 3.8) is 0 Å². The monoisotopic (exact) mass is 286 g/mol. The number of hydrogen-bond acceptors (Lipinski definition) is 2. The highest BCUT2D eigenvalue weighted by Crippen LogP contribution is 2.45. The Morgan fingerprint density at radius 3 is 3.06 bits per heavy atom. The van der Waals surface area contributed by atoms with Crippen molar-refractivity contribution < 1.29 is 13.9 Å². The van der Waals surface area contributed by atoms with Gasteiger partial charge in [0.25, 0.3) is 0 Å². The summed E-state index contributed by atoms with van der Waals surface area (Å²) in [4.78, 5) is 0. The SMILES string of the molecule is FC1COCCC12Cc1cccc(Br)c1O2. The summed E-state index contributed by atoms with van der Waals surface area (Å²) in [5.41, 5.74) is 0.392. The van der Waals surface area contributed by atoms with E-state index in [-0.39, 0.29) is 6.61 Å². The number of alkyl halides is 1. The lowest BCUT2D eigenvalue weighted by Crippen LogP contribution is -2.50. The summed E-state index contributed by atoms with van der Waals surface area (Å²) < 4.78 is 25.9. The lowest BCUT2D eigenvalue weighted by molar-refractivity contribution is -0.0956. The Balaban J connectivity index is 1.97. The molecule has 1 fully saturated rings. The fourth-order valence-corrected chi connectivity index (χ4v) is 2.91. The molecule has 2 aliphatic heterocycles. The third-order valence-electron chi connectivity index (χ3n) is 3.35. The lowest BCUT2D eigenvalue weighted by Gasteiger charge is -2.35. The van der Waals surface area contributed by atoms with E-state index in [0.29, 0.717) is 19.4 Å². The van der Waals surface area contributed by atoms with Crippen LogP contribution >= 0.6 is 15.9 Å². The van der Waals surface area contributed by atoms with Gasteiger partial charge >= 0.3 is 0 Å². The van der Waals surface area contributed by atoms with Crippen LogP contribution in [-0.2, 0) is 11.2 Å². The molecule has 0 aromatic heterocycles. The van der Waals surface area contributed by atoms with Gasteiger partial charge in [0.1, 0.15) is 11.4 Å². The summed E-state index contributed by atoms with van der Waals surface area (Å²) in [6, 6.07) is 5.87. The van der Waals surface area contributed by atoms with E-state index in [4.69, 9.17) is 9.47 Å². The summed E-state index contributed by atoms with van der Waals surface area (Å²) >= 11 is 3.44. The van der Waals surface area contributed by atoms with Crippen molar-refractivity contribution in [1.29, 1.82) is 0 Å². The number of para-hydroxylation sites is 1. The second-order valence-electron chi connectivity index (χ2n) is 4.36. The van der Waals surface area contributed by atoms with Crippen LogP contribution in [0.5, 0.6) is 5.75 Å². The zero-order valence-electron chi connectivity index (χ0n) is 8.71. The summed E-state index contributed by atoms with van der Waals surface area (Å²) in [6.45, 7) is 0.720. The first-order valence-corrected chi connectivity index (χ1v) is 6.19. The smallest absolute Gasteiger partial charge is 0.163 e. The van der Waals surface area contributed by atoms with E-state index in [9.17, 15) is 4.39 Å².